The highest BCUT2D eigenvalue weighted by Gasteiger charge is 2.07. The minimum atomic E-state index is 0.783. The van der Waals surface area contributed by atoms with Gasteiger partial charge in [-0.25, -0.2) is 0 Å². The second kappa shape index (κ2) is 10.2. The number of rotatable bonds is 10. The van der Waals surface area contributed by atoms with Crippen LogP contribution >= 0.6 is 15.9 Å². The normalized spacial score (nSPS) is 11.6. The summed E-state index contributed by atoms with van der Waals surface area (Å²) < 4.78 is 1.13. The van der Waals surface area contributed by atoms with Gasteiger partial charge in [-0.05, 0) is 62.0 Å². The highest BCUT2D eigenvalue weighted by atomic mass is 79.9. The van der Waals surface area contributed by atoms with Crippen molar-refractivity contribution in [1.82, 2.24) is 4.90 Å². The van der Waals surface area contributed by atoms with E-state index in [1.54, 1.807) is 0 Å². The summed E-state index contributed by atoms with van der Waals surface area (Å²) in [7, 11) is 0. The minimum absolute atomic E-state index is 0.783. The molecule has 1 aromatic rings. The average molecular weight is 355 g/mol. The second-order valence-electron chi connectivity index (χ2n) is 6.64. The standard InChI is InChI=1S/C18H31BrN2/c1-15(2)9-12-21(13-10-16(3)4)14-11-20-18-7-5-17(19)6-8-18/h5-8,15-16,20H,9-14H2,1-4H3. The van der Waals surface area contributed by atoms with E-state index < -0.39 is 0 Å². The summed E-state index contributed by atoms with van der Waals surface area (Å²) in [5.74, 6) is 1.57. The van der Waals surface area contributed by atoms with Crippen molar-refractivity contribution in [2.45, 2.75) is 40.5 Å². The molecule has 1 N–H and O–H groups in total. The molecule has 1 rings (SSSR count). The van der Waals surface area contributed by atoms with E-state index in [0.717, 1.165) is 29.4 Å². The molecule has 0 aliphatic carbocycles. The zero-order valence-corrected chi connectivity index (χ0v) is 15.6. The lowest BCUT2D eigenvalue weighted by Gasteiger charge is -2.24. The van der Waals surface area contributed by atoms with Gasteiger partial charge in [-0.3, -0.25) is 0 Å². The fourth-order valence-corrected chi connectivity index (χ4v) is 2.41. The molecule has 1 aromatic carbocycles. The Balaban J connectivity index is 2.34. The van der Waals surface area contributed by atoms with Crippen molar-refractivity contribution in [1.29, 1.82) is 0 Å². The van der Waals surface area contributed by atoms with E-state index in [2.05, 4.69) is 78.1 Å². The van der Waals surface area contributed by atoms with Crippen molar-refractivity contribution in [3.8, 4) is 0 Å². The van der Waals surface area contributed by atoms with Crippen LogP contribution in [0.4, 0.5) is 5.69 Å². The van der Waals surface area contributed by atoms with E-state index in [-0.39, 0.29) is 0 Å². The van der Waals surface area contributed by atoms with Crippen LogP contribution in [0.15, 0.2) is 28.7 Å². The summed E-state index contributed by atoms with van der Waals surface area (Å²) >= 11 is 3.47. The Hall–Kier alpha value is -0.540. The van der Waals surface area contributed by atoms with Crippen LogP contribution in [0, 0.1) is 11.8 Å². The molecule has 0 heterocycles. The summed E-state index contributed by atoms with van der Waals surface area (Å²) in [6.07, 6.45) is 2.58. The number of hydrogen-bond acceptors (Lipinski definition) is 2. The Morgan fingerprint density at radius 1 is 0.905 bits per heavy atom. The predicted molar refractivity (Wildman–Crippen MR) is 98.0 cm³/mol. The van der Waals surface area contributed by atoms with Crippen LogP contribution in [-0.2, 0) is 0 Å². The summed E-state index contributed by atoms with van der Waals surface area (Å²) in [5, 5.41) is 3.52. The molecule has 120 valence electrons. The second-order valence-corrected chi connectivity index (χ2v) is 7.56. The van der Waals surface area contributed by atoms with Crippen molar-refractivity contribution in [2.75, 3.05) is 31.5 Å². The lowest BCUT2D eigenvalue weighted by Crippen LogP contribution is -2.32. The molecule has 3 heteroatoms. The molecular formula is C18H31BrN2. The zero-order chi connectivity index (χ0) is 15.7. The molecule has 0 amide bonds. The molecule has 0 fully saturated rings. The van der Waals surface area contributed by atoms with Crippen LogP contribution in [0.3, 0.4) is 0 Å². The van der Waals surface area contributed by atoms with Gasteiger partial charge in [-0.1, -0.05) is 43.6 Å². The molecule has 0 bridgehead atoms. The van der Waals surface area contributed by atoms with Crippen molar-refractivity contribution in [3.05, 3.63) is 28.7 Å². The Morgan fingerprint density at radius 2 is 1.43 bits per heavy atom. The molecular weight excluding hydrogens is 324 g/mol. The molecule has 0 aromatic heterocycles. The number of halogens is 1. The van der Waals surface area contributed by atoms with Gasteiger partial charge in [-0.15, -0.1) is 0 Å². The van der Waals surface area contributed by atoms with Gasteiger partial charge in [0.15, 0.2) is 0 Å². The first kappa shape index (κ1) is 18.5. The van der Waals surface area contributed by atoms with Gasteiger partial charge in [0, 0.05) is 23.2 Å². The van der Waals surface area contributed by atoms with Crippen molar-refractivity contribution in [2.24, 2.45) is 11.8 Å². The maximum Gasteiger partial charge on any atom is 0.0341 e. The maximum atomic E-state index is 3.52. The van der Waals surface area contributed by atoms with Crippen molar-refractivity contribution in [3.63, 3.8) is 0 Å². The number of hydrogen-bond donors (Lipinski definition) is 1. The van der Waals surface area contributed by atoms with E-state index in [1.165, 1.54) is 31.6 Å². The topological polar surface area (TPSA) is 15.3 Å². The third kappa shape index (κ3) is 9.15. The minimum Gasteiger partial charge on any atom is -0.384 e. The van der Waals surface area contributed by atoms with E-state index in [9.17, 15) is 0 Å². The molecule has 0 saturated carbocycles. The van der Waals surface area contributed by atoms with Crippen molar-refractivity contribution >= 4 is 21.6 Å². The Labute approximate surface area is 139 Å². The van der Waals surface area contributed by atoms with E-state index in [1.807, 2.05) is 0 Å². The Morgan fingerprint density at radius 3 is 1.90 bits per heavy atom. The monoisotopic (exact) mass is 354 g/mol. The molecule has 0 saturated heterocycles. The highest BCUT2D eigenvalue weighted by Crippen LogP contribution is 2.14. The van der Waals surface area contributed by atoms with E-state index in [0.29, 0.717) is 0 Å². The summed E-state index contributed by atoms with van der Waals surface area (Å²) in [6.45, 7) is 13.8. The lowest BCUT2D eigenvalue weighted by atomic mass is 10.1. The molecule has 0 atom stereocenters. The van der Waals surface area contributed by atoms with Crippen LogP contribution in [0.25, 0.3) is 0 Å². The SMILES string of the molecule is CC(C)CCN(CCNc1ccc(Br)cc1)CCC(C)C. The first-order valence-electron chi connectivity index (χ1n) is 8.19. The van der Waals surface area contributed by atoms with Gasteiger partial charge in [0.2, 0.25) is 0 Å². The van der Waals surface area contributed by atoms with Crippen molar-refractivity contribution < 1.29 is 0 Å². The first-order chi connectivity index (χ1) is 9.97. The highest BCUT2D eigenvalue weighted by molar-refractivity contribution is 9.10. The largest absolute Gasteiger partial charge is 0.384 e. The molecule has 2 nitrogen and oxygen atoms in total. The maximum absolute atomic E-state index is 3.52. The Bertz CT molecular complexity index is 361. The third-order valence-corrected chi connectivity index (χ3v) is 4.18. The first-order valence-corrected chi connectivity index (χ1v) is 8.98. The van der Waals surface area contributed by atoms with E-state index >= 15 is 0 Å². The van der Waals surface area contributed by atoms with Gasteiger partial charge in [-0.2, -0.15) is 0 Å². The van der Waals surface area contributed by atoms with Gasteiger partial charge in [0.25, 0.3) is 0 Å². The number of nitrogens with zero attached hydrogens (tertiary/aromatic N) is 1. The smallest absolute Gasteiger partial charge is 0.0341 e. The molecule has 0 radical (unpaired) electrons. The quantitative estimate of drug-likeness (QED) is 0.616. The van der Waals surface area contributed by atoms with Crippen LogP contribution in [0.2, 0.25) is 0 Å². The summed E-state index contributed by atoms with van der Waals surface area (Å²) in [4.78, 5) is 2.60. The summed E-state index contributed by atoms with van der Waals surface area (Å²) in [5.41, 5.74) is 1.20. The average Bonchev–Trinajstić information content (AvgIpc) is 2.43. The van der Waals surface area contributed by atoms with Crippen LogP contribution in [0.5, 0.6) is 0 Å². The molecule has 0 aliphatic heterocycles. The third-order valence-electron chi connectivity index (χ3n) is 3.65. The molecule has 0 spiro atoms. The van der Waals surface area contributed by atoms with E-state index in [4.69, 9.17) is 0 Å². The molecule has 0 aliphatic rings. The van der Waals surface area contributed by atoms with Gasteiger partial charge in [0.1, 0.15) is 0 Å². The van der Waals surface area contributed by atoms with Gasteiger partial charge >= 0.3 is 0 Å². The number of anilines is 1. The van der Waals surface area contributed by atoms with Gasteiger partial charge < -0.3 is 10.2 Å². The van der Waals surface area contributed by atoms with Crippen LogP contribution in [-0.4, -0.2) is 31.1 Å². The predicted octanol–water partition coefficient (Wildman–Crippen LogP) is 5.26. The fourth-order valence-electron chi connectivity index (χ4n) is 2.14. The molecule has 21 heavy (non-hydrogen) atoms. The van der Waals surface area contributed by atoms with Gasteiger partial charge in [0.05, 0.1) is 0 Å². The lowest BCUT2D eigenvalue weighted by molar-refractivity contribution is 0.252. The van der Waals surface area contributed by atoms with Crippen LogP contribution < -0.4 is 5.32 Å². The Kier molecular flexibility index (Phi) is 9.02. The molecule has 0 unspecified atom stereocenters. The number of nitrogens with one attached hydrogen (secondary N) is 1. The fraction of sp³-hybridized carbons (Fsp3) is 0.667. The van der Waals surface area contributed by atoms with Crippen LogP contribution in [0.1, 0.15) is 40.5 Å². The number of benzene rings is 1. The summed E-state index contributed by atoms with van der Waals surface area (Å²) in [6, 6.07) is 8.41. The zero-order valence-electron chi connectivity index (χ0n) is 14.0.